The molecule has 1 aromatic rings. The molecule has 0 aromatic heterocycles. The summed E-state index contributed by atoms with van der Waals surface area (Å²) in [6.07, 6.45) is 0. The molecule has 1 aromatic carbocycles. The number of hydrogen-bond donors (Lipinski definition) is 1. The highest BCUT2D eigenvalue weighted by Gasteiger charge is 2.51. The Morgan fingerprint density at radius 2 is 1.67 bits per heavy atom. The van der Waals surface area contributed by atoms with E-state index in [0.29, 0.717) is 9.03 Å². The summed E-state index contributed by atoms with van der Waals surface area (Å²) >= 11 is 1.88. The second kappa shape index (κ2) is 4.35. The van der Waals surface area contributed by atoms with Crippen molar-refractivity contribution in [2.75, 3.05) is 0 Å². The molecule has 2 rings (SSSR count). The number of benzene rings is 1. The molecule has 98 valence electrons. The maximum atomic E-state index is 13.5. The summed E-state index contributed by atoms with van der Waals surface area (Å²) in [5.41, 5.74) is -0.345. The Balaban J connectivity index is 2.36. The minimum absolute atomic E-state index is 0.337. The Morgan fingerprint density at radius 1 is 1.17 bits per heavy atom. The van der Waals surface area contributed by atoms with Gasteiger partial charge >= 0.3 is 7.12 Å². The van der Waals surface area contributed by atoms with Crippen molar-refractivity contribution in [3.8, 4) is 5.75 Å². The van der Waals surface area contributed by atoms with Gasteiger partial charge in [0.05, 0.1) is 14.8 Å². The molecule has 3 nitrogen and oxygen atoms in total. The number of phenols is 1. The van der Waals surface area contributed by atoms with E-state index in [9.17, 15) is 9.50 Å². The van der Waals surface area contributed by atoms with Crippen LogP contribution in [0.1, 0.15) is 27.7 Å². The second-order valence-corrected chi connectivity index (χ2v) is 6.58. The summed E-state index contributed by atoms with van der Waals surface area (Å²) in [7, 11) is -0.612. The molecular formula is C12H15BFIO3. The normalized spacial score (nSPS) is 21.3. The molecule has 1 heterocycles. The summed E-state index contributed by atoms with van der Waals surface area (Å²) in [6.45, 7) is 7.76. The van der Waals surface area contributed by atoms with Crippen molar-refractivity contribution in [1.82, 2.24) is 0 Å². The predicted molar refractivity (Wildman–Crippen MR) is 76.5 cm³/mol. The van der Waals surface area contributed by atoms with Gasteiger partial charge in [0, 0.05) is 0 Å². The Kier molecular flexibility index (Phi) is 3.40. The Bertz CT molecular complexity index is 451. The SMILES string of the molecule is CC1(C)OB(c2cc(F)c(O)c(I)c2)OC1(C)C. The molecule has 0 atom stereocenters. The summed E-state index contributed by atoms with van der Waals surface area (Å²) < 4.78 is 25.6. The Hall–Kier alpha value is -0.335. The fourth-order valence-corrected chi connectivity index (χ4v) is 2.32. The lowest BCUT2D eigenvalue weighted by molar-refractivity contribution is 0.00578. The smallest absolute Gasteiger partial charge is 0.494 e. The van der Waals surface area contributed by atoms with Crippen molar-refractivity contribution in [1.29, 1.82) is 0 Å². The number of phenolic OH excluding ortho intramolecular Hbond substituents is 1. The minimum atomic E-state index is -0.661. The molecule has 6 heteroatoms. The highest BCUT2D eigenvalue weighted by molar-refractivity contribution is 14.1. The van der Waals surface area contributed by atoms with Gasteiger partial charge in [0.2, 0.25) is 0 Å². The maximum absolute atomic E-state index is 13.5. The van der Waals surface area contributed by atoms with Crippen LogP contribution in [0.15, 0.2) is 12.1 Å². The van der Waals surface area contributed by atoms with E-state index < -0.39 is 24.1 Å². The molecule has 1 aliphatic rings. The van der Waals surface area contributed by atoms with E-state index in [1.54, 1.807) is 6.07 Å². The van der Waals surface area contributed by atoms with Crippen LogP contribution >= 0.6 is 22.6 Å². The van der Waals surface area contributed by atoms with E-state index >= 15 is 0 Å². The third-order valence-corrected chi connectivity index (χ3v) is 4.39. The van der Waals surface area contributed by atoms with Gasteiger partial charge in [0.15, 0.2) is 11.6 Å². The number of aromatic hydroxyl groups is 1. The van der Waals surface area contributed by atoms with Gasteiger partial charge < -0.3 is 14.4 Å². The van der Waals surface area contributed by atoms with Gasteiger partial charge in [-0.25, -0.2) is 4.39 Å². The number of halogens is 2. The standard InChI is InChI=1S/C12H15BFIO3/c1-11(2)12(3,4)18-13(17-11)7-5-8(14)10(16)9(15)6-7/h5-6,16H,1-4H3. The topological polar surface area (TPSA) is 38.7 Å². The zero-order chi connectivity index (χ0) is 13.7. The average molecular weight is 364 g/mol. The molecule has 0 saturated carbocycles. The van der Waals surface area contributed by atoms with Crippen LogP contribution in [-0.4, -0.2) is 23.4 Å². The third-order valence-electron chi connectivity index (χ3n) is 3.56. The minimum Gasteiger partial charge on any atom is -0.504 e. The molecule has 18 heavy (non-hydrogen) atoms. The Morgan fingerprint density at radius 3 is 2.11 bits per heavy atom. The average Bonchev–Trinajstić information content (AvgIpc) is 2.44. The third kappa shape index (κ3) is 2.25. The van der Waals surface area contributed by atoms with Gasteiger partial charge in [-0.1, -0.05) is 0 Å². The van der Waals surface area contributed by atoms with Crippen molar-refractivity contribution in [2.24, 2.45) is 0 Å². The fourth-order valence-electron chi connectivity index (χ4n) is 1.70. The van der Waals surface area contributed by atoms with Crippen LogP contribution in [0, 0.1) is 9.39 Å². The van der Waals surface area contributed by atoms with Crippen LogP contribution < -0.4 is 5.46 Å². The van der Waals surface area contributed by atoms with E-state index in [1.807, 2.05) is 50.3 Å². The predicted octanol–water partition coefficient (Wildman–Crippen LogP) is 2.44. The fraction of sp³-hybridized carbons (Fsp3) is 0.500. The first kappa shape index (κ1) is 14.1. The van der Waals surface area contributed by atoms with Crippen molar-refractivity contribution >= 4 is 35.2 Å². The first-order chi connectivity index (χ1) is 8.14. The monoisotopic (exact) mass is 364 g/mol. The first-order valence-electron chi connectivity index (χ1n) is 5.67. The van der Waals surface area contributed by atoms with Crippen LogP contribution in [0.4, 0.5) is 4.39 Å². The van der Waals surface area contributed by atoms with Gasteiger partial charge in [-0.3, -0.25) is 0 Å². The van der Waals surface area contributed by atoms with Crippen molar-refractivity contribution in [2.45, 2.75) is 38.9 Å². The van der Waals surface area contributed by atoms with Crippen molar-refractivity contribution in [3.05, 3.63) is 21.5 Å². The number of hydrogen-bond acceptors (Lipinski definition) is 3. The molecule has 0 bridgehead atoms. The van der Waals surface area contributed by atoms with E-state index in [0.717, 1.165) is 0 Å². The molecule has 1 N–H and O–H groups in total. The van der Waals surface area contributed by atoms with Gasteiger partial charge in [0.1, 0.15) is 0 Å². The largest absolute Gasteiger partial charge is 0.504 e. The van der Waals surface area contributed by atoms with E-state index in [2.05, 4.69) is 0 Å². The highest BCUT2D eigenvalue weighted by atomic mass is 127. The zero-order valence-electron chi connectivity index (χ0n) is 10.8. The summed E-state index contributed by atoms with van der Waals surface area (Å²) in [5, 5.41) is 9.41. The van der Waals surface area contributed by atoms with E-state index in [1.165, 1.54) is 6.07 Å². The van der Waals surface area contributed by atoms with Gasteiger partial charge in [-0.15, -0.1) is 0 Å². The molecule has 0 amide bonds. The zero-order valence-corrected chi connectivity index (χ0v) is 12.9. The Labute approximate surface area is 120 Å². The molecule has 0 aliphatic carbocycles. The molecule has 1 saturated heterocycles. The summed E-state index contributed by atoms with van der Waals surface area (Å²) in [4.78, 5) is 0. The van der Waals surface area contributed by atoms with Crippen LogP contribution in [0.5, 0.6) is 5.75 Å². The maximum Gasteiger partial charge on any atom is 0.494 e. The van der Waals surface area contributed by atoms with Crippen molar-refractivity contribution in [3.63, 3.8) is 0 Å². The van der Waals surface area contributed by atoms with Crippen LogP contribution in [0.25, 0.3) is 0 Å². The summed E-state index contributed by atoms with van der Waals surface area (Å²) in [6, 6.07) is 2.92. The molecular weight excluding hydrogens is 349 g/mol. The van der Waals surface area contributed by atoms with Crippen LogP contribution in [0.2, 0.25) is 0 Å². The lowest BCUT2D eigenvalue weighted by atomic mass is 9.79. The van der Waals surface area contributed by atoms with Gasteiger partial charge in [-0.05, 0) is 67.9 Å². The molecule has 1 fully saturated rings. The molecule has 0 spiro atoms. The second-order valence-electron chi connectivity index (χ2n) is 5.42. The van der Waals surface area contributed by atoms with Gasteiger partial charge in [0.25, 0.3) is 0 Å². The van der Waals surface area contributed by atoms with Crippen LogP contribution in [0.3, 0.4) is 0 Å². The van der Waals surface area contributed by atoms with Crippen molar-refractivity contribution < 1.29 is 18.8 Å². The van der Waals surface area contributed by atoms with Gasteiger partial charge in [-0.2, -0.15) is 0 Å². The lowest BCUT2D eigenvalue weighted by Gasteiger charge is -2.32. The summed E-state index contributed by atoms with van der Waals surface area (Å²) in [5.74, 6) is -0.998. The molecule has 0 unspecified atom stereocenters. The first-order valence-corrected chi connectivity index (χ1v) is 6.75. The highest BCUT2D eigenvalue weighted by Crippen LogP contribution is 2.36. The van der Waals surface area contributed by atoms with E-state index in [-0.39, 0.29) is 5.75 Å². The molecule has 1 aliphatic heterocycles. The van der Waals surface area contributed by atoms with E-state index in [4.69, 9.17) is 9.31 Å². The molecule has 0 radical (unpaired) electrons. The van der Waals surface area contributed by atoms with Crippen LogP contribution in [-0.2, 0) is 9.31 Å². The quantitative estimate of drug-likeness (QED) is 0.615. The number of rotatable bonds is 1. The lowest BCUT2D eigenvalue weighted by Crippen LogP contribution is -2.41.